The highest BCUT2D eigenvalue weighted by Gasteiger charge is 2.33. The molecular formula is C33H26Cl2O. The molecule has 0 heterocycles. The van der Waals surface area contributed by atoms with E-state index in [1.54, 1.807) is 6.92 Å². The third-order valence-electron chi connectivity index (χ3n) is 6.83. The number of benzene rings is 4. The molecule has 1 aliphatic rings. The Morgan fingerprint density at radius 3 is 1.22 bits per heavy atom. The molecule has 4 aromatic carbocycles. The van der Waals surface area contributed by atoms with Crippen LogP contribution in [0, 0.1) is 5.92 Å². The summed E-state index contributed by atoms with van der Waals surface area (Å²) in [5.41, 5.74) is 9.13. The summed E-state index contributed by atoms with van der Waals surface area (Å²) in [7, 11) is 0. The lowest BCUT2D eigenvalue weighted by Gasteiger charge is -2.19. The Hall–Kier alpha value is -3.39. The second kappa shape index (κ2) is 10.7. The fraction of sp³-hybridized carbons (Fsp3) is 0.121. The number of Topliss-reactive ketones (excluding diaryl/α,β-unsaturated/α-hetero) is 1. The Bertz CT molecular complexity index is 1340. The minimum atomic E-state index is -0.0629. The first-order chi connectivity index (χ1) is 17.5. The van der Waals surface area contributed by atoms with E-state index in [4.69, 9.17) is 23.2 Å². The van der Waals surface area contributed by atoms with Crippen molar-refractivity contribution >= 4 is 40.1 Å². The van der Waals surface area contributed by atoms with E-state index < -0.39 is 0 Å². The summed E-state index contributed by atoms with van der Waals surface area (Å²) in [6, 6.07) is 36.9. The zero-order valence-corrected chi connectivity index (χ0v) is 21.6. The number of ketones is 1. The minimum Gasteiger partial charge on any atom is -0.300 e. The first-order valence-corrected chi connectivity index (χ1v) is 12.9. The van der Waals surface area contributed by atoms with Crippen molar-refractivity contribution < 1.29 is 4.79 Å². The number of halogens is 2. The summed E-state index contributed by atoms with van der Waals surface area (Å²) in [4.78, 5) is 12.7. The summed E-state index contributed by atoms with van der Waals surface area (Å²) >= 11 is 12.5. The molecule has 36 heavy (non-hydrogen) atoms. The highest BCUT2D eigenvalue weighted by molar-refractivity contribution is 6.31. The van der Waals surface area contributed by atoms with Crippen molar-refractivity contribution in [2.75, 3.05) is 0 Å². The van der Waals surface area contributed by atoms with Crippen molar-refractivity contribution in [3.63, 3.8) is 0 Å². The second-order valence-electron chi connectivity index (χ2n) is 9.17. The van der Waals surface area contributed by atoms with E-state index in [0.717, 1.165) is 27.8 Å². The smallest absolute Gasteiger partial charge is 0.133 e. The van der Waals surface area contributed by atoms with Gasteiger partial charge in [0, 0.05) is 16.0 Å². The summed E-state index contributed by atoms with van der Waals surface area (Å²) in [6.07, 6.45) is 1.39. The van der Waals surface area contributed by atoms with Crippen molar-refractivity contribution in [1.82, 2.24) is 0 Å². The fourth-order valence-electron chi connectivity index (χ4n) is 5.08. The minimum absolute atomic E-state index is 0.0629. The van der Waals surface area contributed by atoms with E-state index >= 15 is 0 Å². The zero-order chi connectivity index (χ0) is 25.1. The van der Waals surface area contributed by atoms with E-state index in [1.807, 2.05) is 36.4 Å². The Labute approximate surface area is 222 Å². The van der Waals surface area contributed by atoms with Gasteiger partial charge < -0.3 is 0 Å². The van der Waals surface area contributed by atoms with Gasteiger partial charge in [-0.15, -0.1) is 0 Å². The van der Waals surface area contributed by atoms with Crippen LogP contribution in [0.2, 0.25) is 10.0 Å². The Kier molecular flexibility index (Phi) is 7.23. The third kappa shape index (κ3) is 5.09. The average molecular weight is 509 g/mol. The summed E-state index contributed by atoms with van der Waals surface area (Å²) in [5, 5.41) is 1.38. The van der Waals surface area contributed by atoms with E-state index in [1.165, 1.54) is 16.7 Å². The number of carbonyl (C=O) groups is 1. The van der Waals surface area contributed by atoms with Crippen molar-refractivity contribution in [3.8, 4) is 0 Å². The van der Waals surface area contributed by atoms with E-state index in [2.05, 4.69) is 72.8 Å². The van der Waals surface area contributed by atoms with Gasteiger partial charge in [-0.3, -0.25) is 4.79 Å². The van der Waals surface area contributed by atoms with Crippen molar-refractivity contribution in [2.45, 2.75) is 19.8 Å². The van der Waals surface area contributed by atoms with Crippen LogP contribution in [0.1, 0.15) is 42.0 Å². The van der Waals surface area contributed by atoms with Crippen LogP contribution in [0.5, 0.6) is 0 Å². The molecule has 5 rings (SSSR count). The van der Waals surface area contributed by atoms with E-state index in [0.29, 0.717) is 22.9 Å². The molecule has 1 aliphatic carbocycles. The molecule has 4 aromatic rings. The summed E-state index contributed by atoms with van der Waals surface area (Å²) in [6.45, 7) is 1.71. The van der Waals surface area contributed by atoms with E-state index in [-0.39, 0.29) is 11.7 Å². The molecule has 1 saturated carbocycles. The van der Waals surface area contributed by atoms with Gasteiger partial charge >= 0.3 is 0 Å². The van der Waals surface area contributed by atoms with Crippen LogP contribution in [0.3, 0.4) is 0 Å². The Morgan fingerprint density at radius 2 is 0.889 bits per heavy atom. The van der Waals surface area contributed by atoms with Gasteiger partial charge in [0.15, 0.2) is 0 Å². The SMILES string of the molecule is CC(=O)C1CC(=C(c2ccccc2)c2ccccc2)C(=C(c2ccc(Cl)cc2)c2ccc(Cl)cc2)C1. The maximum atomic E-state index is 12.7. The predicted octanol–water partition coefficient (Wildman–Crippen LogP) is 9.30. The van der Waals surface area contributed by atoms with Gasteiger partial charge in [-0.25, -0.2) is 0 Å². The maximum absolute atomic E-state index is 12.7. The van der Waals surface area contributed by atoms with Crippen molar-refractivity contribution in [1.29, 1.82) is 0 Å². The molecule has 0 amide bonds. The number of rotatable bonds is 5. The third-order valence-corrected chi connectivity index (χ3v) is 7.34. The Morgan fingerprint density at radius 1 is 0.556 bits per heavy atom. The van der Waals surface area contributed by atoms with Gasteiger partial charge in [-0.2, -0.15) is 0 Å². The molecule has 1 fully saturated rings. The molecule has 1 nitrogen and oxygen atoms in total. The lowest BCUT2D eigenvalue weighted by molar-refractivity contribution is -0.120. The first kappa shape index (κ1) is 24.3. The van der Waals surface area contributed by atoms with Gasteiger partial charge in [0.25, 0.3) is 0 Å². The van der Waals surface area contributed by atoms with Gasteiger partial charge in [0.1, 0.15) is 5.78 Å². The molecule has 0 radical (unpaired) electrons. The molecule has 0 N–H and O–H groups in total. The monoisotopic (exact) mass is 508 g/mol. The summed E-state index contributed by atoms with van der Waals surface area (Å²) in [5.74, 6) is 0.154. The fourth-order valence-corrected chi connectivity index (χ4v) is 5.33. The molecule has 0 aromatic heterocycles. The lowest BCUT2D eigenvalue weighted by atomic mass is 9.85. The highest BCUT2D eigenvalue weighted by atomic mass is 35.5. The maximum Gasteiger partial charge on any atom is 0.133 e. The molecule has 1 unspecified atom stereocenters. The lowest BCUT2D eigenvalue weighted by Crippen LogP contribution is -2.05. The molecular weight excluding hydrogens is 483 g/mol. The Balaban J connectivity index is 1.87. The van der Waals surface area contributed by atoms with Crippen LogP contribution in [-0.4, -0.2) is 5.78 Å². The van der Waals surface area contributed by atoms with E-state index in [9.17, 15) is 4.79 Å². The van der Waals surface area contributed by atoms with Gasteiger partial charge in [-0.1, -0.05) is 108 Å². The molecule has 0 aliphatic heterocycles. The van der Waals surface area contributed by atoms with Crippen LogP contribution < -0.4 is 0 Å². The predicted molar refractivity (Wildman–Crippen MR) is 151 cm³/mol. The molecule has 3 heteroatoms. The molecule has 0 bridgehead atoms. The second-order valence-corrected chi connectivity index (χ2v) is 10.0. The topological polar surface area (TPSA) is 17.1 Å². The highest BCUT2D eigenvalue weighted by Crippen LogP contribution is 2.47. The van der Waals surface area contributed by atoms with Crippen LogP contribution in [0.25, 0.3) is 11.1 Å². The standard InChI is InChI=1S/C33H26Cl2O/c1-22(36)27-20-30(32(23-8-4-2-5-9-23)24-10-6-3-7-11-24)31(21-27)33(25-12-16-28(34)17-13-25)26-14-18-29(35)19-15-26/h2-19,27H,20-21H2,1H3. The quantitative estimate of drug-likeness (QED) is 0.262. The molecule has 0 saturated heterocycles. The normalized spacial score (nSPS) is 15.1. The number of hydrogen-bond donors (Lipinski definition) is 0. The van der Waals surface area contributed by atoms with Crippen LogP contribution in [0.4, 0.5) is 0 Å². The van der Waals surface area contributed by atoms with Crippen LogP contribution in [-0.2, 0) is 4.79 Å². The van der Waals surface area contributed by atoms with Crippen LogP contribution >= 0.6 is 23.2 Å². The largest absolute Gasteiger partial charge is 0.300 e. The first-order valence-electron chi connectivity index (χ1n) is 12.1. The number of carbonyl (C=O) groups excluding carboxylic acids is 1. The van der Waals surface area contributed by atoms with Crippen molar-refractivity contribution in [3.05, 3.63) is 153 Å². The van der Waals surface area contributed by atoms with Crippen molar-refractivity contribution in [2.24, 2.45) is 5.92 Å². The molecule has 0 spiro atoms. The van der Waals surface area contributed by atoms with Gasteiger partial charge in [-0.05, 0) is 88.6 Å². The van der Waals surface area contributed by atoms with Gasteiger partial charge in [0.2, 0.25) is 0 Å². The van der Waals surface area contributed by atoms with Crippen LogP contribution in [0.15, 0.2) is 120 Å². The number of hydrogen-bond acceptors (Lipinski definition) is 1. The zero-order valence-electron chi connectivity index (χ0n) is 20.0. The number of allylic oxidation sites excluding steroid dienone is 2. The molecule has 178 valence electrons. The molecule has 1 atom stereocenters. The van der Waals surface area contributed by atoms with Gasteiger partial charge in [0.05, 0.1) is 0 Å². The average Bonchev–Trinajstić information content (AvgIpc) is 3.33. The summed E-state index contributed by atoms with van der Waals surface area (Å²) < 4.78 is 0.